The lowest BCUT2D eigenvalue weighted by molar-refractivity contribution is -0.0126. The molecular weight excluding hydrogens is 258 g/mol. The Balaban J connectivity index is 2.29. The van der Waals surface area contributed by atoms with Gasteiger partial charge in [0.25, 0.3) is 5.91 Å². The van der Waals surface area contributed by atoms with Crippen LogP contribution >= 0.6 is 0 Å². The van der Waals surface area contributed by atoms with E-state index in [0.29, 0.717) is 36.9 Å². The lowest BCUT2D eigenvalue weighted by Crippen LogP contribution is -2.45. The number of hydrogen-bond acceptors (Lipinski definition) is 6. The number of nitrogens with two attached hydrogens (primary N) is 1. The number of nitrogens with one attached hydrogen (secondary N) is 1. The Labute approximate surface area is 118 Å². The van der Waals surface area contributed by atoms with Crippen molar-refractivity contribution >= 4 is 11.6 Å². The Hall–Kier alpha value is -1.73. The van der Waals surface area contributed by atoms with E-state index in [0.717, 1.165) is 0 Å². The molecule has 20 heavy (non-hydrogen) atoms. The smallest absolute Gasteiger partial charge is 0.274 e. The normalized spacial score (nSPS) is 19.2. The van der Waals surface area contributed by atoms with E-state index in [1.807, 2.05) is 20.8 Å². The number of amides is 1. The van der Waals surface area contributed by atoms with Crippen LogP contribution in [0.25, 0.3) is 0 Å². The molecular formula is C13H21N5O2. The minimum Gasteiger partial charge on any atom is -0.375 e. The maximum absolute atomic E-state index is 12.6. The number of ether oxygens (including phenoxy) is 1. The van der Waals surface area contributed by atoms with Gasteiger partial charge in [0.2, 0.25) is 0 Å². The van der Waals surface area contributed by atoms with Crippen LogP contribution in [0.5, 0.6) is 0 Å². The highest BCUT2D eigenvalue weighted by molar-refractivity contribution is 5.97. The van der Waals surface area contributed by atoms with E-state index in [4.69, 9.17) is 10.6 Å². The lowest BCUT2D eigenvalue weighted by Gasteiger charge is -2.31. The molecule has 1 aromatic rings. The fourth-order valence-electron chi connectivity index (χ4n) is 2.09. The zero-order chi connectivity index (χ0) is 14.7. The minimum atomic E-state index is -0.141. The first kappa shape index (κ1) is 14.7. The summed E-state index contributed by atoms with van der Waals surface area (Å²) in [6, 6.07) is 0. The molecule has 2 rings (SSSR count). The molecule has 1 atom stereocenters. The summed E-state index contributed by atoms with van der Waals surface area (Å²) in [7, 11) is 0. The standard InChI is InChI=1S/C13H21N5O2/c1-8(2)12-15-6-10(17-14)11(16-12)13(19)18-4-5-20-9(3)7-18/h6,8-9,17H,4-5,7,14H2,1-3H3. The van der Waals surface area contributed by atoms with Crippen molar-refractivity contribution in [3.63, 3.8) is 0 Å². The van der Waals surface area contributed by atoms with Crippen LogP contribution in [0.15, 0.2) is 6.20 Å². The first-order valence-electron chi connectivity index (χ1n) is 6.77. The predicted molar refractivity (Wildman–Crippen MR) is 75.2 cm³/mol. The summed E-state index contributed by atoms with van der Waals surface area (Å²) in [6.07, 6.45) is 1.59. The van der Waals surface area contributed by atoms with Crippen LogP contribution in [-0.2, 0) is 4.74 Å². The summed E-state index contributed by atoms with van der Waals surface area (Å²) < 4.78 is 5.45. The summed E-state index contributed by atoms with van der Waals surface area (Å²) >= 11 is 0. The number of carbonyl (C=O) groups excluding carboxylic acids is 1. The van der Waals surface area contributed by atoms with E-state index in [1.54, 1.807) is 11.1 Å². The highest BCUT2D eigenvalue weighted by Gasteiger charge is 2.26. The number of nitrogens with zero attached hydrogens (tertiary/aromatic N) is 3. The van der Waals surface area contributed by atoms with Crippen molar-refractivity contribution in [3.05, 3.63) is 17.7 Å². The molecule has 1 aliphatic heterocycles. The maximum Gasteiger partial charge on any atom is 0.274 e. The van der Waals surface area contributed by atoms with Crippen LogP contribution < -0.4 is 11.3 Å². The molecule has 0 bridgehead atoms. The van der Waals surface area contributed by atoms with Gasteiger partial charge in [-0.25, -0.2) is 9.97 Å². The van der Waals surface area contributed by atoms with Crippen molar-refractivity contribution in [1.29, 1.82) is 0 Å². The third kappa shape index (κ3) is 3.05. The first-order valence-corrected chi connectivity index (χ1v) is 6.77. The van der Waals surface area contributed by atoms with Crippen LogP contribution in [0, 0.1) is 0 Å². The molecule has 1 saturated heterocycles. The van der Waals surface area contributed by atoms with Gasteiger partial charge in [0.05, 0.1) is 24.6 Å². The van der Waals surface area contributed by atoms with E-state index < -0.39 is 0 Å². The molecule has 0 aliphatic carbocycles. The number of anilines is 1. The SMILES string of the molecule is CC1CN(C(=O)c2nc(C(C)C)ncc2NN)CCO1. The molecule has 1 aliphatic rings. The second kappa shape index (κ2) is 6.15. The fraction of sp³-hybridized carbons (Fsp3) is 0.615. The Morgan fingerprint density at radius 2 is 2.35 bits per heavy atom. The van der Waals surface area contributed by atoms with Gasteiger partial charge in [-0.1, -0.05) is 13.8 Å². The molecule has 0 radical (unpaired) electrons. The molecule has 1 aromatic heterocycles. The zero-order valence-electron chi connectivity index (χ0n) is 12.1. The van der Waals surface area contributed by atoms with Crippen molar-refractivity contribution in [1.82, 2.24) is 14.9 Å². The quantitative estimate of drug-likeness (QED) is 0.626. The summed E-state index contributed by atoms with van der Waals surface area (Å²) in [5, 5.41) is 0. The van der Waals surface area contributed by atoms with Crippen molar-refractivity contribution in [2.24, 2.45) is 5.84 Å². The molecule has 1 unspecified atom stereocenters. The van der Waals surface area contributed by atoms with Gasteiger partial charge < -0.3 is 15.1 Å². The summed E-state index contributed by atoms with van der Waals surface area (Å²) in [6.45, 7) is 7.57. The summed E-state index contributed by atoms with van der Waals surface area (Å²) in [4.78, 5) is 22.9. The number of aromatic nitrogens is 2. The average Bonchev–Trinajstić information content (AvgIpc) is 2.45. The van der Waals surface area contributed by atoms with Gasteiger partial charge in [-0.15, -0.1) is 0 Å². The molecule has 1 amide bonds. The van der Waals surface area contributed by atoms with Gasteiger partial charge in [0.15, 0.2) is 5.69 Å². The number of carbonyl (C=O) groups is 1. The summed E-state index contributed by atoms with van der Waals surface area (Å²) in [5.41, 5.74) is 3.25. The van der Waals surface area contributed by atoms with Crippen molar-refractivity contribution in [3.8, 4) is 0 Å². The largest absolute Gasteiger partial charge is 0.375 e. The van der Waals surface area contributed by atoms with E-state index in [2.05, 4.69) is 15.4 Å². The maximum atomic E-state index is 12.6. The Bertz CT molecular complexity index is 492. The van der Waals surface area contributed by atoms with E-state index in [-0.39, 0.29) is 17.9 Å². The summed E-state index contributed by atoms with van der Waals surface area (Å²) in [5.74, 6) is 6.09. The van der Waals surface area contributed by atoms with Crippen molar-refractivity contribution in [2.75, 3.05) is 25.1 Å². The van der Waals surface area contributed by atoms with Crippen LogP contribution in [0.1, 0.15) is 43.0 Å². The number of hydrazine groups is 1. The van der Waals surface area contributed by atoms with Gasteiger partial charge >= 0.3 is 0 Å². The predicted octanol–water partition coefficient (Wildman–Crippen LogP) is 0.747. The van der Waals surface area contributed by atoms with Crippen molar-refractivity contribution in [2.45, 2.75) is 32.8 Å². The highest BCUT2D eigenvalue weighted by Crippen LogP contribution is 2.18. The second-order valence-corrected chi connectivity index (χ2v) is 5.22. The van der Waals surface area contributed by atoms with Crippen LogP contribution in [0.4, 0.5) is 5.69 Å². The average molecular weight is 279 g/mol. The van der Waals surface area contributed by atoms with Crippen molar-refractivity contribution < 1.29 is 9.53 Å². The first-order chi connectivity index (χ1) is 9.52. The van der Waals surface area contributed by atoms with Gasteiger partial charge in [0, 0.05) is 19.0 Å². The van der Waals surface area contributed by atoms with Gasteiger partial charge in [-0.3, -0.25) is 10.6 Å². The number of rotatable bonds is 3. The van der Waals surface area contributed by atoms with E-state index >= 15 is 0 Å². The monoisotopic (exact) mass is 279 g/mol. The van der Waals surface area contributed by atoms with Crippen LogP contribution in [0.3, 0.4) is 0 Å². The molecule has 7 heteroatoms. The molecule has 0 aromatic carbocycles. The molecule has 110 valence electrons. The Kier molecular flexibility index (Phi) is 4.51. The Morgan fingerprint density at radius 3 is 2.95 bits per heavy atom. The van der Waals surface area contributed by atoms with E-state index in [1.165, 1.54) is 0 Å². The molecule has 1 fully saturated rings. The number of nitrogen functional groups attached to an aromatic ring is 1. The van der Waals surface area contributed by atoms with E-state index in [9.17, 15) is 4.79 Å². The zero-order valence-corrected chi connectivity index (χ0v) is 12.1. The second-order valence-electron chi connectivity index (χ2n) is 5.22. The fourth-order valence-corrected chi connectivity index (χ4v) is 2.09. The minimum absolute atomic E-state index is 0.0355. The molecule has 0 saturated carbocycles. The molecule has 2 heterocycles. The molecule has 3 N–H and O–H groups in total. The number of hydrogen-bond donors (Lipinski definition) is 2. The molecule has 7 nitrogen and oxygen atoms in total. The third-order valence-electron chi connectivity index (χ3n) is 3.21. The molecule has 0 spiro atoms. The highest BCUT2D eigenvalue weighted by atomic mass is 16.5. The van der Waals surface area contributed by atoms with Gasteiger partial charge in [-0.05, 0) is 6.92 Å². The van der Waals surface area contributed by atoms with Crippen LogP contribution in [0.2, 0.25) is 0 Å². The van der Waals surface area contributed by atoms with Crippen LogP contribution in [-0.4, -0.2) is 46.6 Å². The topological polar surface area (TPSA) is 93.4 Å². The Morgan fingerprint density at radius 1 is 1.60 bits per heavy atom. The van der Waals surface area contributed by atoms with Gasteiger partial charge in [-0.2, -0.15) is 0 Å². The number of morpholine rings is 1. The van der Waals surface area contributed by atoms with Gasteiger partial charge in [0.1, 0.15) is 5.82 Å². The lowest BCUT2D eigenvalue weighted by atomic mass is 10.2. The third-order valence-corrected chi connectivity index (χ3v) is 3.21.